The van der Waals surface area contributed by atoms with Crippen molar-refractivity contribution in [2.75, 3.05) is 0 Å². The number of carbonyl (C=O) groups excluding carboxylic acids is 2. The van der Waals surface area contributed by atoms with E-state index in [1.807, 2.05) is 0 Å². The van der Waals surface area contributed by atoms with Gasteiger partial charge in [-0.05, 0) is 77.2 Å². The van der Waals surface area contributed by atoms with Crippen LogP contribution in [0.3, 0.4) is 0 Å². The van der Waals surface area contributed by atoms with Crippen molar-refractivity contribution in [3.63, 3.8) is 0 Å². The highest BCUT2D eigenvalue weighted by molar-refractivity contribution is 7.89. The van der Waals surface area contributed by atoms with Crippen molar-refractivity contribution in [1.82, 2.24) is 30.5 Å². The largest absolute Gasteiger partial charge is 0.273 e. The molecular weight excluding hydrogens is 544 g/mol. The first kappa shape index (κ1) is 26.1. The Labute approximate surface area is 223 Å². The molecule has 12 nitrogen and oxygen atoms in total. The topological polar surface area (TPSA) is 176 Å². The van der Waals surface area contributed by atoms with Crippen molar-refractivity contribution >= 4 is 31.9 Å². The standard InChI is InChI=1S/C25H20N6O6S2/c32-24(16-5-9-26-10-6-16)28-30-38(34,35)20-1-3-22-18(14-20)13-19-15-21(2-4-23(19)22)39(36,37)31-29-25(33)17-7-11-27-12-8-17/h1-12,14-15,30-31H,13H2,(H,28,32)(H,29,33). The number of rotatable bonds is 8. The molecule has 39 heavy (non-hydrogen) atoms. The Morgan fingerprint density at radius 3 is 1.36 bits per heavy atom. The highest BCUT2D eigenvalue weighted by Gasteiger charge is 2.25. The summed E-state index contributed by atoms with van der Waals surface area (Å²) < 4.78 is 51.2. The maximum atomic E-state index is 12.8. The molecule has 1 aliphatic carbocycles. The Kier molecular flexibility index (Phi) is 6.93. The van der Waals surface area contributed by atoms with E-state index in [4.69, 9.17) is 0 Å². The van der Waals surface area contributed by atoms with Gasteiger partial charge in [-0.3, -0.25) is 30.4 Å². The van der Waals surface area contributed by atoms with Gasteiger partial charge in [0, 0.05) is 35.9 Å². The van der Waals surface area contributed by atoms with E-state index in [1.54, 1.807) is 12.1 Å². The molecule has 2 aromatic heterocycles. The van der Waals surface area contributed by atoms with E-state index in [0.29, 0.717) is 11.1 Å². The molecule has 2 amide bonds. The fourth-order valence-corrected chi connectivity index (χ4v) is 5.77. The lowest BCUT2D eigenvalue weighted by Crippen LogP contribution is -2.41. The number of hydrogen-bond acceptors (Lipinski definition) is 8. The maximum absolute atomic E-state index is 12.8. The maximum Gasteiger partial charge on any atom is 0.266 e. The molecule has 14 heteroatoms. The van der Waals surface area contributed by atoms with Crippen molar-refractivity contribution in [2.45, 2.75) is 16.2 Å². The first-order valence-corrected chi connectivity index (χ1v) is 14.3. The van der Waals surface area contributed by atoms with Crippen LogP contribution < -0.4 is 20.5 Å². The minimum Gasteiger partial charge on any atom is -0.273 e. The lowest BCUT2D eigenvalue weighted by Gasteiger charge is -2.10. The SMILES string of the molecule is O=C(NNS(=O)(=O)c1ccc2c(c1)Cc1cc(S(=O)(=O)NNC(=O)c3ccncc3)ccc1-2)c1ccncc1. The number of nitrogens with zero attached hydrogens (tertiary/aromatic N) is 2. The molecule has 0 fully saturated rings. The average molecular weight is 565 g/mol. The van der Waals surface area contributed by atoms with Gasteiger partial charge < -0.3 is 0 Å². The molecule has 0 bridgehead atoms. The smallest absolute Gasteiger partial charge is 0.266 e. The van der Waals surface area contributed by atoms with E-state index >= 15 is 0 Å². The molecule has 2 heterocycles. The first-order chi connectivity index (χ1) is 18.6. The summed E-state index contributed by atoms with van der Waals surface area (Å²) in [5.41, 5.74) is 7.64. The van der Waals surface area contributed by atoms with E-state index in [9.17, 15) is 26.4 Å². The first-order valence-electron chi connectivity index (χ1n) is 11.3. The second-order valence-electron chi connectivity index (χ2n) is 8.41. The Bertz CT molecular complexity index is 1660. The Morgan fingerprint density at radius 1 is 0.590 bits per heavy atom. The van der Waals surface area contributed by atoms with Crippen LogP contribution in [0.4, 0.5) is 0 Å². The zero-order valence-electron chi connectivity index (χ0n) is 20.0. The minimum absolute atomic E-state index is 0.0718. The summed E-state index contributed by atoms with van der Waals surface area (Å²) in [5, 5.41) is 0. The third kappa shape index (κ3) is 5.53. The number of fused-ring (bicyclic) bond motifs is 3. The average Bonchev–Trinajstić information content (AvgIpc) is 3.33. The van der Waals surface area contributed by atoms with Crippen LogP contribution in [0.25, 0.3) is 11.1 Å². The van der Waals surface area contributed by atoms with E-state index in [1.165, 1.54) is 73.3 Å². The summed E-state index contributed by atoms with van der Waals surface area (Å²) in [7, 11) is -8.18. The molecule has 0 unspecified atom stereocenters. The molecule has 2 aromatic carbocycles. The minimum atomic E-state index is -4.09. The highest BCUT2D eigenvalue weighted by Crippen LogP contribution is 2.38. The molecule has 0 saturated carbocycles. The third-order valence-corrected chi connectivity index (χ3v) is 8.42. The Morgan fingerprint density at radius 2 is 0.974 bits per heavy atom. The van der Waals surface area contributed by atoms with Crippen LogP contribution in [0.2, 0.25) is 0 Å². The number of carbonyl (C=O) groups is 2. The van der Waals surface area contributed by atoms with Crippen LogP contribution in [0.15, 0.2) is 95.2 Å². The van der Waals surface area contributed by atoms with Crippen LogP contribution in [-0.4, -0.2) is 38.6 Å². The lowest BCUT2D eigenvalue weighted by molar-refractivity contribution is 0.0937. The second-order valence-corrected chi connectivity index (χ2v) is 11.8. The molecule has 0 aliphatic heterocycles. The third-order valence-electron chi connectivity index (χ3n) is 5.93. The number of sulfonamides is 2. The van der Waals surface area contributed by atoms with Crippen LogP contribution in [-0.2, 0) is 26.5 Å². The number of aromatic nitrogens is 2. The van der Waals surface area contributed by atoms with Crippen LogP contribution in [0.5, 0.6) is 0 Å². The van der Waals surface area contributed by atoms with E-state index in [2.05, 4.69) is 30.5 Å². The van der Waals surface area contributed by atoms with E-state index < -0.39 is 31.9 Å². The van der Waals surface area contributed by atoms with Gasteiger partial charge in [0.25, 0.3) is 31.9 Å². The van der Waals surface area contributed by atoms with Gasteiger partial charge in [-0.15, -0.1) is 9.66 Å². The van der Waals surface area contributed by atoms with E-state index in [0.717, 1.165) is 11.1 Å². The number of hydrogen-bond donors (Lipinski definition) is 4. The van der Waals surface area contributed by atoms with Crippen LogP contribution in [0, 0.1) is 0 Å². The summed E-state index contributed by atoms with van der Waals surface area (Å²) in [5.74, 6) is -1.29. The van der Waals surface area contributed by atoms with Crippen LogP contribution in [0.1, 0.15) is 31.8 Å². The molecule has 4 aromatic rings. The van der Waals surface area contributed by atoms with Gasteiger partial charge in [-0.2, -0.15) is 0 Å². The predicted molar refractivity (Wildman–Crippen MR) is 139 cm³/mol. The van der Waals surface area contributed by atoms with Crippen molar-refractivity contribution < 1.29 is 26.4 Å². The van der Waals surface area contributed by atoms with Gasteiger partial charge >= 0.3 is 0 Å². The molecule has 0 atom stereocenters. The monoisotopic (exact) mass is 564 g/mol. The molecule has 4 N–H and O–H groups in total. The lowest BCUT2D eigenvalue weighted by atomic mass is 10.1. The van der Waals surface area contributed by atoms with E-state index in [-0.39, 0.29) is 27.3 Å². The summed E-state index contributed by atoms with van der Waals surface area (Å²) >= 11 is 0. The predicted octanol–water partition coefficient (Wildman–Crippen LogP) is 1.29. The van der Waals surface area contributed by atoms with Crippen molar-refractivity contribution in [2.24, 2.45) is 0 Å². The Balaban J connectivity index is 1.29. The van der Waals surface area contributed by atoms with Crippen molar-refractivity contribution in [3.05, 3.63) is 108 Å². The number of nitrogens with one attached hydrogen (secondary N) is 4. The molecule has 1 aliphatic rings. The van der Waals surface area contributed by atoms with Crippen molar-refractivity contribution in [1.29, 1.82) is 0 Å². The van der Waals surface area contributed by atoms with Gasteiger partial charge in [0.05, 0.1) is 9.79 Å². The van der Waals surface area contributed by atoms with Gasteiger partial charge in [-0.1, -0.05) is 12.1 Å². The number of amides is 2. The fourth-order valence-electron chi connectivity index (χ4n) is 3.99. The molecule has 0 radical (unpaired) electrons. The normalized spacial score (nSPS) is 12.3. The molecule has 198 valence electrons. The quantitative estimate of drug-likeness (QED) is 0.204. The summed E-state index contributed by atoms with van der Waals surface area (Å²) in [6.07, 6.45) is 5.92. The van der Waals surface area contributed by atoms with Gasteiger partial charge in [0.1, 0.15) is 0 Å². The van der Waals surface area contributed by atoms with Crippen LogP contribution >= 0.6 is 0 Å². The zero-order valence-corrected chi connectivity index (χ0v) is 21.6. The summed E-state index contributed by atoms with van der Waals surface area (Å²) in [6, 6.07) is 14.7. The number of benzene rings is 2. The highest BCUT2D eigenvalue weighted by atomic mass is 32.2. The number of pyridine rings is 2. The molecule has 0 saturated heterocycles. The summed E-state index contributed by atoms with van der Waals surface area (Å²) in [6.45, 7) is 0. The molecular formula is C25H20N6O6S2. The fraction of sp³-hybridized carbons (Fsp3) is 0.0400. The Hall–Kier alpha value is -4.50. The molecule has 0 spiro atoms. The summed E-state index contributed by atoms with van der Waals surface area (Å²) in [4.78, 5) is 36.0. The second kappa shape index (κ2) is 10.3. The van der Waals surface area contributed by atoms with Gasteiger partial charge in [0.15, 0.2) is 0 Å². The van der Waals surface area contributed by atoms with Crippen molar-refractivity contribution in [3.8, 4) is 11.1 Å². The number of hydrazine groups is 2. The zero-order chi connectivity index (χ0) is 27.6. The molecule has 5 rings (SSSR count). The van der Waals surface area contributed by atoms with Gasteiger partial charge in [-0.25, -0.2) is 16.8 Å². The van der Waals surface area contributed by atoms with Gasteiger partial charge in [0.2, 0.25) is 0 Å².